The van der Waals surface area contributed by atoms with Crippen molar-refractivity contribution < 1.29 is 62.0 Å². The van der Waals surface area contributed by atoms with E-state index in [9.17, 15) is 48.8 Å². The molecular formula is C22H26N6O15P2-2. The van der Waals surface area contributed by atoms with Gasteiger partial charge in [0.05, 0.1) is 23.4 Å². The number of nitrogens with zero attached hydrogens (tertiary/aromatic N) is 4. The van der Waals surface area contributed by atoms with Gasteiger partial charge in [-0.15, -0.1) is 0 Å². The lowest BCUT2D eigenvalue weighted by molar-refractivity contribution is -0.386. The molecule has 0 bridgehead atoms. The van der Waals surface area contributed by atoms with Gasteiger partial charge in [0, 0.05) is 11.5 Å². The second-order valence-corrected chi connectivity index (χ2v) is 13.4. The summed E-state index contributed by atoms with van der Waals surface area (Å²) < 4.78 is 42.0. The summed E-state index contributed by atoms with van der Waals surface area (Å²) in [6.07, 6.45) is -8.09. The van der Waals surface area contributed by atoms with E-state index in [1.165, 1.54) is 24.3 Å². The minimum atomic E-state index is -5.74. The number of amides is 1. The summed E-state index contributed by atoms with van der Waals surface area (Å²) in [6, 6.07) is 5.68. The number of aliphatic hydroxyl groups is 2. The monoisotopic (exact) mass is 676 g/mol. The maximum absolute atomic E-state index is 12.9. The molecule has 21 nitrogen and oxygen atoms in total. The number of imidazole rings is 1. The van der Waals surface area contributed by atoms with Gasteiger partial charge in [-0.05, 0) is 6.07 Å². The Balaban J connectivity index is 1.56. The number of rotatable bonds is 10. The van der Waals surface area contributed by atoms with E-state index in [1.807, 2.05) is 0 Å². The van der Waals surface area contributed by atoms with Crippen LogP contribution >= 0.6 is 15.6 Å². The number of H-pyrrole nitrogens is 1. The van der Waals surface area contributed by atoms with E-state index in [1.54, 1.807) is 20.8 Å². The van der Waals surface area contributed by atoms with Crippen molar-refractivity contribution in [3.63, 3.8) is 0 Å². The van der Waals surface area contributed by atoms with Crippen molar-refractivity contribution in [2.75, 3.05) is 11.9 Å². The number of hydrogen-bond donors (Lipinski definition) is 5. The van der Waals surface area contributed by atoms with Crippen LogP contribution in [0.15, 0.2) is 35.4 Å². The number of ether oxygens (including phenoxy) is 2. The molecule has 3 heterocycles. The lowest BCUT2D eigenvalue weighted by atomic mass is 9.84. The molecule has 0 spiro atoms. The van der Waals surface area contributed by atoms with Crippen molar-refractivity contribution >= 4 is 44.5 Å². The zero-order valence-electron chi connectivity index (χ0n) is 23.4. The highest BCUT2D eigenvalue weighted by molar-refractivity contribution is 7.59. The lowest BCUT2D eigenvalue weighted by Gasteiger charge is -2.30. The van der Waals surface area contributed by atoms with Crippen LogP contribution in [0.4, 0.5) is 16.4 Å². The number of nitrogens with one attached hydrogen (secondary N) is 2. The standard InChI is InChI=1S/C22H28N6O15P2/c1-22(2,3)16(10-6-4-5-7-11(10)28(33)34)42-21(32)26-20-24-17-13(18(31)25-20)23-9-27(17)19-15(30)14(29)12(41-19)8-40-45(38,39)43-44(35,36)37/h4-7,9,12,14-16,19,29-30H,8H2,1-3H3,(H,38,39)(H2,35,36,37)(H2,24,25,26,31,32)/p-2/t12-,14?,15+,16?,19-/m1/s1. The van der Waals surface area contributed by atoms with Crippen LogP contribution in [0.25, 0.3) is 11.2 Å². The molecule has 5 N–H and O–H groups in total. The predicted octanol–water partition coefficient (Wildman–Crippen LogP) is -0.0548. The number of aliphatic hydroxyl groups excluding tert-OH is 2. The number of phosphoric acid groups is 2. The molecule has 0 radical (unpaired) electrons. The smallest absolute Gasteiger partial charge is 0.414 e. The van der Waals surface area contributed by atoms with Crippen LogP contribution in [-0.4, -0.2) is 70.6 Å². The van der Waals surface area contributed by atoms with Gasteiger partial charge in [-0.1, -0.05) is 32.9 Å². The van der Waals surface area contributed by atoms with E-state index in [4.69, 9.17) is 14.4 Å². The number of aromatic amines is 1. The molecule has 3 aromatic rings. The zero-order valence-corrected chi connectivity index (χ0v) is 25.2. The predicted molar refractivity (Wildman–Crippen MR) is 144 cm³/mol. The van der Waals surface area contributed by atoms with Crippen molar-refractivity contribution in [2.45, 2.75) is 51.4 Å². The largest absolute Gasteiger partial charge is 0.756 e. The van der Waals surface area contributed by atoms with Gasteiger partial charge >= 0.3 is 6.09 Å². The van der Waals surface area contributed by atoms with Gasteiger partial charge in [-0.2, -0.15) is 4.98 Å². The Kier molecular flexibility index (Phi) is 9.62. The highest BCUT2D eigenvalue weighted by Crippen LogP contribution is 2.52. The fourth-order valence-electron chi connectivity index (χ4n) is 4.40. The molecule has 45 heavy (non-hydrogen) atoms. The fraction of sp³-hybridized carbons (Fsp3) is 0.455. The Morgan fingerprint density at radius 3 is 2.53 bits per heavy atom. The van der Waals surface area contributed by atoms with Crippen LogP contribution in [0.1, 0.15) is 38.7 Å². The minimum Gasteiger partial charge on any atom is -0.756 e. The van der Waals surface area contributed by atoms with E-state index in [0.29, 0.717) is 0 Å². The maximum atomic E-state index is 12.9. The summed E-state index contributed by atoms with van der Waals surface area (Å²) in [5.41, 5.74) is -2.47. The number of nitro benzene ring substituents is 1. The highest BCUT2D eigenvalue weighted by Gasteiger charge is 2.45. The van der Waals surface area contributed by atoms with Gasteiger partial charge in [0.15, 0.2) is 17.4 Å². The third-order valence-electron chi connectivity index (χ3n) is 6.29. The van der Waals surface area contributed by atoms with Gasteiger partial charge in [-0.3, -0.25) is 38.9 Å². The molecule has 2 aromatic heterocycles. The molecule has 1 aromatic carbocycles. The second kappa shape index (κ2) is 12.6. The SMILES string of the molecule is CC(C)(C)C(OC(=O)Nc1nc2c(ncn2[C@@H]2O[C@H](COP(=O)([O-])OP(=O)([O-])O)C(O)[C@@H]2O)c(=O)[nH]1)c1ccccc1[N+](=O)[O-]. The number of para-hydroxylation sites is 1. The van der Waals surface area contributed by atoms with Gasteiger partial charge < -0.3 is 38.9 Å². The van der Waals surface area contributed by atoms with Crippen LogP contribution < -0.4 is 20.7 Å². The van der Waals surface area contributed by atoms with E-state index < -0.39 is 80.8 Å². The summed E-state index contributed by atoms with van der Waals surface area (Å²) in [6.45, 7) is 3.99. The van der Waals surface area contributed by atoms with E-state index in [2.05, 4.69) is 29.1 Å². The van der Waals surface area contributed by atoms with Crippen LogP contribution in [0, 0.1) is 15.5 Å². The van der Waals surface area contributed by atoms with Crippen LogP contribution in [0.5, 0.6) is 0 Å². The Bertz CT molecular complexity index is 1750. The van der Waals surface area contributed by atoms with Crippen molar-refractivity contribution in [2.24, 2.45) is 5.41 Å². The summed E-state index contributed by atoms with van der Waals surface area (Å²) in [5, 5.41) is 34.7. The average molecular weight is 676 g/mol. The Morgan fingerprint density at radius 2 is 1.91 bits per heavy atom. The summed E-state index contributed by atoms with van der Waals surface area (Å²) in [5.74, 6) is -0.474. The molecule has 4 unspecified atom stereocenters. The Hall–Kier alpha value is -3.62. The van der Waals surface area contributed by atoms with Crippen LogP contribution in [0.3, 0.4) is 0 Å². The number of anilines is 1. The topological polar surface area (TPSA) is 314 Å². The molecule has 4 rings (SSSR count). The first-order valence-corrected chi connectivity index (χ1v) is 15.6. The van der Waals surface area contributed by atoms with Gasteiger partial charge in [-0.25, -0.2) is 14.1 Å². The molecule has 23 heteroatoms. The zero-order chi connectivity index (χ0) is 33.5. The number of aromatic nitrogens is 4. The number of carbonyl (C=O) groups is 1. The molecule has 246 valence electrons. The van der Waals surface area contributed by atoms with Crippen molar-refractivity contribution in [3.05, 3.63) is 56.6 Å². The molecule has 1 aliphatic rings. The molecule has 7 atom stereocenters. The number of phosphoric ester groups is 1. The summed E-state index contributed by atoms with van der Waals surface area (Å²) >= 11 is 0. The second-order valence-electron chi connectivity index (χ2n) is 10.7. The molecule has 1 saturated heterocycles. The van der Waals surface area contributed by atoms with Gasteiger partial charge in [0.1, 0.15) is 24.4 Å². The average Bonchev–Trinajstić information content (AvgIpc) is 3.45. The van der Waals surface area contributed by atoms with Crippen molar-refractivity contribution in [1.29, 1.82) is 0 Å². The fourth-order valence-corrected chi connectivity index (χ4v) is 5.93. The first-order valence-electron chi connectivity index (χ1n) is 12.7. The van der Waals surface area contributed by atoms with Gasteiger partial charge in [0.2, 0.25) is 5.95 Å². The molecule has 0 aliphatic carbocycles. The molecule has 1 amide bonds. The number of fused-ring (bicyclic) bond motifs is 1. The molecule has 1 aliphatic heterocycles. The Morgan fingerprint density at radius 1 is 1.24 bits per heavy atom. The van der Waals surface area contributed by atoms with E-state index in [0.717, 1.165) is 10.9 Å². The third kappa shape index (κ3) is 7.97. The number of nitro groups is 1. The normalized spacial score (nSPS) is 23.6. The molecular weight excluding hydrogens is 650 g/mol. The van der Waals surface area contributed by atoms with Crippen LogP contribution in [0.2, 0.25) is 0 Å². The summed E-state index contributed by atoms with van der Waals surface area (Å²) in [7, 11) is -11.4. The van der Waals surface area contributed by atoms with Gasteiger partial charge in [0.25, 0.3) is 26.9 Å². The summed E-state index contributed by atoms with van der Waals surface area (Å²) in [4.78, 5) is 77.7. The van der Waals surface area contributed by atoms with Crippen molar-refractivity contribution in [3.8, 4) is 0 Å². The van der Waals surface area contributed by atoms with E-state index in [-0.39, 0.29) is 22.4 Å². The van der Waals surface area contributed by atoms with Crippen molar-refractivity contribution in [1.82, 2.24) is 19.5 Å². The maximum Gasteiger partial charge on any atom is 0.414 e. The number of benzene rings is 1. The van der Waals surface area contributed by atoms with E-state index >= 15 is 0 Å². The first kappa shape index (κ1) is 34.3. The lowest BCUT2D eigenvalue weighted by Crippen LogP contribution is -2.34. The molecule has 0 saturated carbocycles. The quantitative estimate of drug-likeness (QED) is 0.107. The first-order chi connectivity index (χ1) is 20.8. The molecule has 1 fully saturated rings. The van der Waals surface area contributed by atoms with Crippen LogP contribution in [-0.2, 0) is 27.4 Å². The Labute approximate surface area is 251 Å². The third-order valence-corrected chi connectivity index (χ3v) is 8.38. The minimum absolute atomic E-state index is 0.114. The number of carbonyl (C=O) groups excluding carboxylic acids is 1. The highest BCUT2D eigenvalue weighted by atomic mass is 31.3. The number of hydrogen-bond acceptors (Lipinski definition) is 16.